The van der Waals surface area contributed by atoms with Crippen LogP contribution in [-0.2, 0) is 9.59 Å². The van der Waals surface area contributed by atoms with Gasteiger partial charge in [-0.3, -0.25) is 4.79 Å². The van der Waals surface area contributed by atoms with Crippen LogP contribution in [0.5, 0.6) is 0 Å². The molecule has 0 fully saturated rings. The van der Waals surface area contributed by atoms with E-state index in [1.807, 2.05) is 0 Å². The van der Waals surface area contributed by atoms with E-state index in [9.17, 15) is 22.8 Å². The quantitative estimate of drug-likeness (QED) is 0.554. The van der Waals surface area contributed by atoms with Crippen molar-refractivity contribution in [3.05, 3.63) is 0 Å². The minimum Gasteiger partial charge on any atom is -0.479 e. The first kappa shape index (κ1) is 12.7. The molecule has 1 atom stereocenters. The summed E-state index contributed by atoms with van der Waals surface area (Å²) < 4.78 is 34.7. The monoisotopic (exact) mass is 215 g/mol. The Labute approximate surface area is 76.5 Å². The first-order valence-electron chi connectivity index (χ1n) is 3.38. The van der Waals surface area contributed by atoms with Crippen LogP contribution in [0.3, 0.4) is 0 Å². The van der Waals surface area contributed by atoms with Gasteiger partial charge in [0.25, 0.3) is 5.91 Å². The van der Waals surface area contributed by atoms with Crippen molar-refractivity contribution in [2.75, 3.05) is 6.54 Å². The van der Waals surface area contributed by atoms with E-state index in [2.05, 4.69) is 0 Å². The molecule has 3 N–H and O–H groups in total. The molecule has 0 bridgehead atoms. The standard InChI is InChI=1S/C6H8F3NO4/c1-5(14,4(12)13)3(11)10-2-6(7,8)9/h14H,2H2,1H3,(H,10,11)(H,12,13). The van der Waals surface area contributed by atoms with Gasteiger partial charge in [-0.15, -0.1) is 0 Å². The SMILES string of the molecule is CC(O)(C(=O)O)C(=O)NCC(F)(F)F. The average Bonchev–Trinajstić information content (AvgIpc) is 1.98. The highest BCUT2D eigenvalue weighted by atomic mass is 19.4. The number of halogens is 3. The highest BCUT2D eigenvalue weighted by Crippen LogP contribution is 2.13. The molecule has 82 valence electrons. The Hall–Kier alpha value is -1.31. The van der Waals surface area contributed by atoms with Crippen molar-refractivity contribution in [3.63, 3.8) is 0 Å². The lowest BCUT2D eigenvalue weighted by molar-refractivity contribution is -0.167. The summed E-state index contributed by atoms with van der Waals surface area (Å²) >= 11 is 0. The third kappa shape index (κ3) is 3.60. The molecule has 5 nitrogen and oxygen atoms in total. The van der Waals surface area contributed by atoms with Crippen LogP contribution in [0.1, 0.15) is 6.92 Å². The first-order valence-corrected chi connectivity index (χ1v) is 3.38. The van der Waals surface area contributed by atoms with Gasteiger partial charge in [-0.05, 0) is 6.92 Å². The predicted octanol–water partition coefficient (Wildman–Crippen LogP) is -0.500. The fraction of sp³-hybridized carbons (Fsp3) is 0.667. The molecule has 0 aromatic heterocycles. The van der Waals surface area contributed by atoms with Crippen molar-refractivity contribution < 1.29 is 33.0 Å². The summed E-state index contributed by atoms with van der Waals surface area (Å²) in [4.78, 5) is 20.9. The van der Waals surface area contributed by atoms with Gasteiger partial charge in [0.15, 0.2) is 0 Å². The number of carbonyl (C=O) groups is 2. The molecule has 0 rings (SSSR count). The fourth-order valence-electron chi connectivity index (χ4n) is 0.450. The fourth-order valence-corrected chi connectivity index (χ4v) is 0.450. The van der Waals surface area contributed by atoms with E-state index in [1.165, 1.54) is 5.32 Å². The molecule has 0 saturated heterocycles. The Balaban J connectivity index is 4.30. The van der Waals surface area contributed by atoms with E-state index >= 15 is 0 Å². The van der Waals surface area contributed by atoms with Crippen molar-refractivity contribution in [1.29, 1.82) is 0 Å². The van der Waals surface area contributed by atoms with Crippen LogP contribution in [0, 0.1) is 0 Å². The van der Waals surface area contributed by atoms with Crippen LogP contribution in [0.4, 0.5) is 13.2 Å². The lowest BCUT2D eigenvalue weighted by Gasteiger charge is -2.17. The molecule has 0 spiro atoms. The Bertz CT molecular complexity index is 248. The second-order valence-electron chi connectivity index (χ2n) is 2.68. The zero-order chi connectivity index (χ0) is 11.6. The molecular weight excluding hydrogens is 207 g/mol. The maximum absolute atomic E-state index is 11.6. The van der Waals surface area contributed by atoms with Gasteiger partial charge in [-0.1, -0.05) is 0 Å². The third-order valence-electron chi connectivity index (χ3n) is 1.31. The zero-order valence-electron chi connectivity index (χ0n) is 7.05. The van der Waals surface area contributed by atoms with Crippen molar-refractivity contribution in [3.8, 4) is 0 Å². The van der Waals surface area contributed by atoms with E-state index in [0.29, 0.717) is 6.92 Å². The molecule has 0 radical (unpaired) electrons. The van der Waals surface area contributed by atoms with Crippen molar-refractivity contribution in [2.45, 2.75) is 18.7 Å². The second-order valence-corrected chi connectivity index (χ2v) is 2.68. The summed E-state index contributed by atoms with van der Waals surface area (Å²) in [6.07, 6.45) is -4.65. The molecule has 8 heteroatoms. The van der Waals surface area contributed by atoms with E-state index < -0.39 is 30.2 Å². The molecule has 1 unspecified atom stereocenters. The number of carboxylic acid groups (broad SMARTS) is 1. The van der Waals surface area contributed by atoms with Crippen LogP contribution in [0.2, 0.25) is 0 Å². The molecule has 0 heterocycles. The molecule has 1 amide bonds. The minimum absolute atomic E-state index is 0.584. The summed E-state index contributed by atoms with van der Waals surface area (Å²) in [5, 5.41) is 18.4. The van der Waals surface area contributed by atoms with E-state index in [0.717, 1.165) is 0 Å². The average molecular weight is 215 g/mol. The normalized spacial score (nSPS) is 15.8. The van der Waals surface area contributed by atoms with Crippen LogP contribution >= 0.6 is 0 Å². The zero-order valence-corrected chi connectivity index (χ0v) is 7.05. The van der Waals surface area contributed by atoms with Crippen molar-refractivity contribution in [2.24, 2.45) is 0 Å². The van der Waals surface area contributed by atoms with Gasteiger partial charge >= 0.3 is 12.1 Å². The number of carbonyl (C=O) groups excluding carboxylic acids is 1. The van der Waals surface area contributed by atoms with Gasteiger partial charge in [-0.25, -0.2) is 4.79 Å². The van der Waals surface area contributed by atoms with Gasteiger partial charge < -0.3 is 15.5 Å². The van der Waals surface area contributed by atoms with E-state index in [1.54, 1.807) is 0 Å². The number of alkyl halides is 3. The summed E-state index contributed by atoms with van der Waals surface area (Å²) in [5.41, 5.74) is -2.86. The number of rotatable bonds is 3. The van der Waals surface area contributed by atoms with Gasteiger partial charge in [0.05, 0.1) is 0 Å². The topological polar surface area (TPSA) is 86.6 Å². The largest absolute Gasteiger partial charge is 0.479 e. The number of hydrogen-bond acceptors (Lipinski definition) is 3. The lowest BCUT2D eigenvalue weighted by Crippen LogP contribution is -2.52. The number of nitrogens with one attached hydrogen (secondary N) is 1. The van der Waals surface area contributed by atoms with Crippen LogP contribution < -0.4 is 5.32 Å². The molecule has 14 heavy (non-hydrogen) atoms. The Morgan fingerprint density at radius 2 is 1.79 bits per heavy atom. The van der Waals surface area contributed by atoms with Crippen molar-refractivity contribution in [1.82, 2.24) is 5.32 Å². The predicted molar refractivity (Wildman–Crippen MR) is 37.3 cm³/mol. The summed E-state index contributed by atoms with van der Waals surface area (Å²) in [6.45, 7) is -1.10. The molecular formula is C6H8F3NO4. The van der Waals surface area contributed by atoms with Crippen molar-refractivity contribution >= 4 is 11.9 Å². The number of aliphatic carboxylic acids is 1. The van der Waals surface area contributed by atoms with E-state index in [4.69, 9.17) is 10.2 Å². The molecule has 0 aromatic rings. The maximum atomic E-state index is 11.6. The molecule has 0 aliphatic heterocycles. The van der Waals surface area contributed by atoms with E-state index in [-0.39, 0.29) is 0 Å². The van der Waals surface area contributed by atoms with Gasteiger partial charge in [0.1, 0.15) is 6.54 Å². The van der Waals surface area contributed by atoms with Crippen LogP contribution in [0.15, 0.2) is 0 Å². The number of hydrogen-bond donors (Lipinski definition) is 3. The van der Waals surface area contributed by atoms with Gasteiger partial charge in [-0.2, -0.15) is 13.2 Å². The third-order valence-corrected chi connectivity index (χ3v) is 1.31. The number of carboxylic acids is 1. The summed E-state index contributed by atoms with van der Waals surface area (Å²) in [5.74, 6) is -3.53. The Morgan fingerprint density at radius 3 is 2.07 bits per heavy atom. The smallest absolute Gasteiger partial charge is 0.405 e. The highest BCUT2D eigenvalue weighted by Gasteiger charge is 2.40. The number of amides is 1. The highest BCUT2D eigenvalue weighted by molar-refractivity contribution is 6.04. The molecule has 0 saturated carbocycles. The molecule has 0 aliphatic rings. The number of aliphatic hydroxyl groups is 1. The first-order chi connectivity index (χ1) is 6.07. The summed E-state index contributed by atoms with van der Waals surface area (Å²) in [6, 6.07) is 0. The Kier molecular flexibility index (Phi) is 3.47. The maximum Gasteiger partial charge on any atom is 0.405 e. The minimum atomic E-state index is -4.65. The van der Waals surface area contributed by atoms with Gasteiger partial charge in [0.2, 0.25) is 5.60 Å². The van der Waals surface area contributed by atoms with Crippen LogP contribution in [-0.4, -0.2) is 40.4 Å². The van der Waals surface area contributed by atoms with Gasteiger partial charge in [0, 0.05) is 0 Å². The summed E-state index contributed by atoms with van der Waals surface area (Å²) in [7, 11) is 0. The lowest BCUT2D eigenvalue weighted by atomic mass is 10.1. The Morgan fingerprint density at radius 1 is 1.36 bits per heavy atom. The molecule has 0 aromatic carbocycles. The van der Waals surface area contributed by atoms with Crippen LogP contribution in [0.25, 0.3) is 0 Å². The molecule has 0 aliphatic carbocycles. The second kappa shape index (κ2) is 3.82.